The predicted octanol–water partition coefficient (Wildman–Crippen LogP) is 4.46. The lowest BCUT2D eigenvalue weighted by molar-refractivity contribution is -0.116. The molecule has 1 aromatic heterocycles. The molecular formula is C26H24N4O5. The number of methoxy groups -OCH3 is 1. The molecule has 4 rings (SSSR count). The van der Waals surface area contributed by atoms with Crippen LogP contribution < -0.4 is 20.1 Å². The van der Waals surface area contributed by atoms with Crippen molar-refractivity contribution in [3.63, 3.8) is 0 Å². The Morgan fingerprint density at radius 1 is 0.886 bits per heavy atom. The van der Waals surface area contributed by atoms with Gasteiger partial charge in [-0.2, -0.15) is 0 Å². The predicted molar refractivity (Wildman–Crippen MR) is 130 cm³/mol. The molecule has 9 nitrogen and oxygen atoms in total. The van der Waals surface area contributed by atoms with E-state index in [1.165, 1.54) is 6.92 Å². The van der Waals surface area contributed by atoms with Crippen LogP contribution in [0.25, 0.3) is 11.5 Å². The zero-order chi connectivity index (χ0) is 24.6. The summed E-state index contributed by atoms with van der Waals surface area (Å²) in [5.74, 6) is 1.69. The van der Waals surface area contributed by atoms with Crippen LogP contribution in [0.4, 0.5) is 11.4 Å². The molecule has 35 heavy (non-hydrogen) atoms. The summed E-state index contributed by atoms with van der Waals surface area (Å²) in [5, 5.41) is 13.6. The molecule has 0 aliphatic carbocycles. The van der Waals surface area contributed by atoms with Crippen molar-refractivity contribution >= 4 is 23.2 Å². The number of anilines is 2. The van der Waals surface area contributed by atoms with Crippen molar-refractivity contribution < 1.29 is 23.5 Å². The smallest absolute Gasteiger partial charge is 0.254 e. The number of benzene rings is 3. The van der Waals surface area contributed by atoms with Crippen LogP contribution in [0.3, 0.4) is 0 Å². The second-order valence-electron chi connectivity index (χ2n) is 7.65. The van der Waals surface area contributed by atoms with Gasteiger partial charge >= 0.3 is 0 Å². The van der Waals surface area contributed by atoms with E-state index in [1.807, 2.05) is 24.3 Å². The number of ether oxygens (including phenoxy) is 2. The summed E-state index contributed by atoms with van der Waals surface area (Å²) in [7, 11) is 1.60. The Morgan fingerprint density at radius 3 is 2.37 bits per heavy atom. The molecule has 0 aliphatic rings. The molecule has 0 atom stereocenters. The van der Waals surface area contributed by atoms with Gasteiger partial charge in [0.2, 0.25) is 17.7 Å². The Labute approximate surface area is 202 Å². The summed E-state index contributed by atoms with van der Waals surface area (Å²) >= 11 is 0. The number of carbonyl (C=O) groups excluding carboxylic acids is 2. The second kappa shape index (κ2) is 11.0. The van der Waals surface area contributed by atoms with Crippen molar-refractivity contribution in [2.75, 3.05) is 17.7 Å². The normalized spacial score (nSPS) is 10.5. The number of rotatable bonds is 9. The minimum absolute atomic E-state index is 0.0845. The van der Waals surface area contributed by atoms with Crippen LogP contribution in [0.15, 0.2) is 77.2 Å². The van der Waals surface area contributed by atoms with Gasteiger partial charge in [-0.15, -0.1) is 10.2 Å². The van der Waals surface area contributed by atoms with Gasteiger partial charge in [0, 0.05) is 29.9 Å². The molecule has 0 fully saturated rings. The fraction of sp³-hybridized carbons (Fsp3) is 0.154. The molecule has 0 saturated carbocycles. The van der Waals surface area contributed by atoms with E-state index in [9.17, 15) is 9.59 Å². The van der Waals surface area contributed by atoms with Gasteiger partial charge in [0.05, 0.1) is 13.5 Å². The van der Waals surface area contributed by atoms with Crippen LogP contribution in [0, 0.1) is 0 Å². The second-order valence-corrected chi connectivity index (χ2v) is 7.65. The molecule has 0 unspecified atom stereocenters. The van der Waals surface area contributed by atoms with Gasteiger partial charge in [0.15, 0.2) is 6.61 Å². The van der Waals surface area contributed by atoms with Crippen LogP contribution in [-0.2, 0) is 22.6 Å². The first kappa shape index (κ1) is 23.5. The average Bonchev–Trinajstić information content (AvgIpc) is 3.33. The number of aromatic nitrogens is 2. The molecule has 0 aliphatic heterocycles. The van der Waals surface area contributed by atoms with E-state index in [0.29, 0.717) is 28.9 Å². The van der Waals surface area contributed by atoms with Crippen molar-refractivity contribution in [2.45, 2.75) is 20.0 Å². The van der Waals surface area contributed by atoms with E-state index in [4.69, 9.17) is 13.9 Å². The van der Waals surface area contributed by atoms with E-state index >= 15 is 0 Å². The molecule has 3 aromatic carbocycles. The SMILES string of the molecule is COc1ccc(-c2nnc(COc3cccc(NC(=O)Cc4ccc(NC(C)=O)cc4)c3)o2)cc1. The maximum absolute atomic E-state index is 12.5. The first-order chi connectivity index (χ1) is 17.0. The lowest BCUT2D eigenvalue weighted by Crippen LogP contribution is -2.14. The van der Waals surface area contributed by atoms with Gasteiger partial charge < -0.3 is 24.5 Å². The number of hydrogen-bond acceptors (Lipinski definition) is 7. The molecule has 9 heteroatoms. The Morgan fingerprint density at radius 2 is 1.66 bits per heavy atom. The molecule has 0 radical (unpaired) electrons. The minimum atomic E-state index is -0.171. The van der Waals surface area contributed by atoms with Gasteiger partial charge in [-0.3, -0.25) is 9.59 Å². The summed E-state index contributed by atoms with van der Waals surface area (Å²) in [6, 6.07) is 21.5. The van der Waals surface area contributed by atoms with Crippen molar-refractivity contribution in [3.8, 4) is 23.0 Å². The summed E-state index contributed by atoms with van der Waals surface area (Å²) in [4.78, 5) is 23.6. The van der Waals surface area contributed by atoms with Gasteiger partial charge in [0.1, 0.15) is 11.5 Å². The molecule has 0 bridgehead atoms. The minimum Gasteiger partial charge on any atom is -0.497 e. The molecule has 4 aromatic rings. The third kappa shape index (κ3) is 6.67. The van der Waals surface area contributed by atoms with E-state index in [0.717, 1.165) is 16.9 Å². The topological polar surface area (TPSA) is 116 Å². The Hall–Kier alpha value is -4.66. The van der Waals surface area contributed by atoms with Crippen molar-refractivity contribution in [3.05, 3.63) is 84.3 Å². The number of nitrogens with zero attached hydrogens (tertiary/aromatic N) is 2. The van der Waals surface area contributed by atoms with Crippen LogP contribution in [0.1, 0.15) is 18.4 Å². The highest BCUT2D eigenvalue weighted by atomic mass is 16.5. The Balaban J connectivity index is 1.30. The average molecular weight is 473 g/mol. The van der Waals surface area contributed by atoms with E-state index in [-0.39, 0.29) is 24.8 Å². The quantitative estimate of drug-likeness (QED) is 0.369. The number of amides is 2. The van der Waals surface area contributed by atoms with Gasteiger partial charge in [0.25, 0.3) is 5.89 Å². The first-order valence-electron chi connectivity index (χ1n) is 10.8. The van der Waals surface area contributed by atoms with Crippen LogP contribution >= 0.6 is 0 Å². The molecule has 0 spiro atoms. The Kier molecular flexibility index (Phi) is 7.37. The summed E-state index contributed by atoms with van der Waals surface area (Å²) < 4.78 is 16.6. The number of hydrogen-bond donors (Lipinski definition) is 2. The van der Waals surface area contributed by atoms with Crippen molar-refractivity contribution in [1.82, 2.24) is 10.2 Å². The van der Waals surface area contributed by atoms with Gasteiger partial charge in [-0.05, 0) is 54.1 Å². The fourth-order valence-corrected chi connectivity index (χ4v) is 3.27. The monoisotopic (exact) mass is 472 g/mol. The number of nitrogens with one attached hydrogen (secondary N) is 2. The first-order valence-corrected chi connectivity index (χ1v) is 10.8. The van der Waals surface area contributed by atoms with Crippen LogP contribution in [0.2, 0.25) is 0 Å². The van der Waals surface area contributed by atoms with E-state index in [1.54, 1.807) is 55.6 Å². The summed E-state index contributed by atoms with van der Waals surface area (Å²) in [6.07, 6.45) is 0.196. The maximum atomic E-state index is 12.5. The molecule has 1 heterocycles. The van der Waals surface area contributed by atoms with Crippen LogP contribution in [0.5, 0.6) is 11.5 Å². The largest absolute Gasteiger partial charge is 0.497 e. The highest BCUT2D eigenvalue weighted by molar-refractivity contribution is 5.92. The number of carbonyl (C=O) groups is 2. The van der Waals surface area contributed by atoms with Crippen molar-refractivity contribution in [2.24, 2.45) is 0 Å². The van der Waals surface area contributed by atoms with E-state index < -0.39 is 0 Å². The third-order valence-electron chi connectivity index (χ3n) is 4.92. The standard InChI is InChI=1S/C26H24N4O5/c1-17(31)27-20-10-6-18(7-11-20)14-24(32)28-21-4-3-5-23(15-21)34-16-25-29-30-26(35-25)19-8-12-22(33-2)13-9-19/h3-13,15H,14,16H2,1-2H3,(H,27,31)(H,28,32). The third-order valence-corrected chi connectivity index (χ3v) is 4.92. The van der Waals surface area contributed by atoms with Crippen LogP contribution in [-0.4, -0.2) is 29.1 Å². The van der Waals surface area contributed by atoms with Crippen molar-refractivity contribution in [1.29, 1.82) is 0 Å². The molecule has 2 N–H and O–H groups in total. The zero-order valence-electron chi connectivity index (χ0n) is 19.3. The molecule has 178 valence electrons. The molecular weight excluding hydrogens is 448 g/mol. The molecule has 0 saturated heterocycles. The summed E-state index contributed by atoms with van der Waals surface area (Å²) in [5.41, 5.74) is 2.89. The lowest BCUT2D eigenvalue weighted by atomic mass is 10.1. The summed E-state index contributed by atoms with van der Waals surface area (Å²) in [6.45, 7) is 1.53. The Bertz CT molecular complexity index is 1300. The fourth-order valence-electron chi connectivity index (χ4n) is 3.27. The lowest BCUT2D eigenvalue weighted by Gasteiger charge is -2.09. The zero-order valence-corrected chi connectivity index (χ0v) is 19.3. The van der Waals surface area contributed by atoms with E-state index in [2.05, 4.69) is 20.8 Å². The highest BCUT2D eigenvalue weighted by Gasteiger charge is 2.10. The van der Waals surface area contributed by atoms with Gasteiger partial charge in [-0.1, -0.05) is 18.2 Å². The maximum Gasteiger partial charge on any atom is 0.254 e. The molecule has 2 amide bonds. The van der Waals surface area contributed by atoms with Gasteiger partial charge in [-0.25, -0.2) is 0 Å². The highest BCUT2D eigenvalue weighted by Crippen LogP contribution is 2.23.